The molecule has 0 radical (unpaired) electrons. The van der Waals surface area contributed by atoms with Gasteiger partial charge in [-0.1, -0.05) is 6.08 Å². The normalized spacial score (nSPS) is 19.7. The summed E-state index contributed by atoms with van der Waals surface area (Å²) in [6.07, 6.45) is 4.08. The summed E-state index contributed by atoms with van der Waals surface area (Å²) in [7, 11) is 0. The largest absolute Gasteiger partial charge is 0.398 e. The number of nitrogen functional groups attached to an aromatic ring is 1. The standard InChI is InChI=1S/C24H24F2N4O/c25-16-2-5-18(6-3-16)29-7-9-30(10-8-29)19-4-1-15(11-19)23-14-20-21(24(31)28-23)12-17(26)13-22(20)27/h2-3,5-6,11-14,19H,1,4,7-10,27H2,(H,28,31)/t19-/m1/s1. The van der Waals surface area contributed by atoms with Crippen LogP contribution in [-0.4, -0.2) is 42.1 Å². The molecule has 0 amide bonds. The number of halogens is 2. The van der Waals surface area contributed by atoms with Crippen LogP contribution in [0.2, 0.25) is 0 Å². The number of anilines is 2. The molecule has 3 aromatic rings. The van der Waals surface area contributed by atoms with Crippen LogP contribution in [0.3, 0.4) is 0 Å². The van der Waals surface area contributed by atoms with Gasteiger partial charge in [0, 0.05) is 54.7 Å². The number of benzene rings is 2. The number of piperazine rings is 1. The number of aromatic amines is 1. The van der Waals surface area contributed by atoms with Crippen LogP contribution < -0.4 is 16.2 Å². The minimum Gasteiger partial charge on any atom is -0.398 e. The predicted molar refractivity (Wildman–Crippen MR) is 120 cm³/mol. The van der Waals surface area contributed by atoms with Gasteiger partial charge in [0.05, 0.1) is 5.39 Å². The third-order valence-corrected chi connectivity index (χ3v) is 6.38. The van der Waals surface area contributed by atoms with Crippen LogP contribution in [0.25, 0.3) is 16.3 Å². The van der Waals surface area contributed by atoms with Gasteiger partial charge in [-0.05, 0) is 60.9 Å². The van der Waals surface area contributed by atoms with Gasteiger partial charge in [0.15, 0.2) is 0 Å². The fourth-order valence-corrected chi connectivity index (χ4v) is 4.71. The topological polar surface area (TPSA) is 65.4 Å². The molecular weight excluding hydrogens is 398 g/mol. The molecule has 1 fully saturated rings. The van der Waals surface area contributed by atoms with Crippen molar-refractivity contribution >= 4 is 27.7 Å². The molecule has 1 aliphatic heterocycles. The van der Waals surface area contributed by atoms with Gasteiger partial charge in [-0.25, -0.2) is 8.78 Å². The summed E-state index contributed by atoms with van der Waals surface area (Å²) in [4.78, 5) is 20.1. The monoisotopic (exact) mass is 422 g/mol. The minimum absolute atomic E-state index is 0.218. The van der Waals surface area contributed by atoms with E-state index in [2.05, 4.69) is 20.9 Å². The first kappa shape index (κ1) is 19.8. The summed E-state index contributed by atoms with van der Waals surface area (Å²) in [5, 5.41) is 0.853. The van der Waals surface area contributed by atoms with Gasteiger partial charge in [-0.2, -0.15) is 0 Å². The number of fused-ring (bicyclic) bond motifs is 1. The van der Waals surface area contributed by atoms with E-state index in [1.54, 1.807) is 0 Å². The molecule has 5 nitrogen and oxygen atoms in total. The maximum Gasteiger partial charge on any atom is 0.256 e. The number of allylic oxidation sites excluding steroid dienone is 1. The van der Waals surface area contributed by atoms with Crippen molar-refractivity contribution in [3.63, 3.8) is 0 Å². The lowest BCUT2D eigenvalue weighted by atomic mass is 10.1. The van der Waals surface area contributed by atoms with E-state index in [4.69, 9.17) is 5.73 Å². The number of H-pyrrole nitrogens is 1. The second kappa shape index (κ2) is 7.81. The number of nitrogens with zero attached hydrogens (tertiary/aromatic N) is 2. The number of aromatic nitrogens is 1. The second-order valence-electron chi connectivity index (χ2n) is 8.27. The fraction of sp³-hybridized carbons (Fsp3) is 0.292. The second-order valence-corrected chi connectivity index (χ2v) is 8.27. The first-order valence-corrected chi connectivity index (χ1v) is 10.6. The zero-order chi connectivity index (χ0) is 21.5. The molecule has 3 N–H and O–H groups in total. The van der Waals surface area contributed by atoms with Crippen molar-refractivity contribution in [1.29, 1.82) is 0 Å². The van der Waals surface area contributed by atoms with Crippen molar-refractivity contribution in [2.45, 2.75) is 18.9 Å². The number of pyridine rings is 1. The highest BCUT2D eigenvalue weighted by Gasteiger charge is 2.27. The highest BCUT2D eigenvalue weighted by Crippen LogP contribution is 2.32. The van der Waals surface area contributed by atoms with Crippen LogP contribution in [-0.2, 0) is 0 Å². The van der Waals surface area contributed by atoms with Crippen LogP contribution in [0.1, 0.15) is 18.5 Å². The number of nitrogens with two attached hydrogens (primary N) is 1. The maximum atomic E-state index is 13.6. The molecule has 1 aromatic heterocycles. The predicted octanol–water partition coefficient (Wildman–Crippen LogP) is 3.76. The fourth-order valence-electron chi connectivity index (χ4n) is 4.71. The van der Waals surface area contributed by atoms with E-state index in [0.29, 0.717) is 11.4 Å². The summed E-state index contributed by atoms with van der Waals surface area (Å²) in [6, 6.07) is 11.3. The van der Waals surface area contributed by atoms with Crippen molar-refractivity contribution in [3.05, 3.63) is 76.2 Å². The summed E-state index contributed by atoms with van der Waals surface area (Å²) < 4.78 is 26.8. The molecule has 0 saturated carbocycles. The Morgan fingerprint density at radius 3 is 2.42 bits per heavy atom. The first-order valence-electron chi connectivity index (χ1n) is 10.6. The Morgan fingerprint density at radius 1 is 0.935 bits per heavy atom. The van der Waals surface area contributed by atoms with Gasteiger partial charge >= 0.3 is 0 Å². The smallest absolute Gasteiger partial charge is 0.256 e. The van der Waals surface area contributed by atoms with E-state index in [1.807, 2.05) is 18.2 Å². The quantitative estimate of drug-likeness (QED) is 0.631. The van der Waals surface area contributed by atoms with Crippen molar-refractivity contribution in [1.82, 2.24) is 9.88 Å². The van der Waals surface area contributed by atoms with Gasteiger partial charge < -0.3 is 15.6 Å². The van der Waals surface area contributed by atoms with Gasteiger partial charge in [0.25, 0.3) is 5.56 Å². The lowest BCUT2D eigenvalue weighted by Gasteiger charge is -2.38. The van der Waals surface area contributed by atoms with E-state index >= 15 is 0 Å². The molecule has 7 heteroatoms. The zero-order valence-electron chi connectivity index (χ0n) is 17.1. The number of rotatable bonds is 3. The molecule has 160 valence electrons. The Morgan fingerprint density at radius 2 is 1.68 bits per heavy atom. The third-order valence-electron chi connectivity index (χ3n) is 6.38. The van der Waals surface area contributed by atoms with Crippen LogP contribution in [0, 0.1) is 11.6 Å². The lowest BCUT2D eigenvalue weighted by molar-refractivity contribution is 0.214. The number of hydrogen-bond donors (Lipinski definition) is 2. The van der Waals surface area contributed by atoms with Crippen LogP contribution in [0.5, 0.6) is 0 Å². The molecule has 1 atom stereocenters. The average molecular weight is 422 g/mol. The average Bonchev–Trinajstić information content (AvgIpc) is 3.25. The van der Waals surface area contributed by atoms with Gasteiger partial charge in [-0.15, -0.1) is 0 Å². The Bertz CT molecular complexity index is 1210. The van der Waals surface area contributed by atoms with E-state index in [1.165, 1.54) is 24.3 Å². The van der Waals surface area contributed by atoms with E-state index in [9.17, 15) is 13.6 Å². The highest BCUT2D eigenvalue weighted by atomic mass is 19.1. The summed E-state index contributed by atoms with van der Waals surface area (Å²) in [5.74, 6) is -0.729. The van der Waals surface area contributed by atoms with E-state index in [-0.39, 0.29) is 22.5 Å². The maximum absolute atomic E-state index is 13.6. The van der Waals surface area contributed by atoms with E-state index in [0.717, 1.165) is 56.0 Å². The van der Waals surface area contributed by atoms with Crippen molar-refractivity contribution in [3.8, 4) is 0 Å². The Hall–Kier alpha value is -3.19. The van der Waals surface area contributed by atoms with Crippen molar-refractivity contribution < 1.29 is 8.78 Å². The first-order chi connectivity index (χ1) is 15.0. The van der Waals surface area contributed by atoms with Crippen molar-refractivity contribution in [2.75, 3.05) is 36.8 Å². The minimum atomic E-state index is -0.511. The molecule has 0 spiro atoms. The molecule has 1 aliphatic carbocycles. The van der Waals surface area contributed by atoms with Gasteiger partial charge in [0.2, 0.25) is 0 Å². The van der Waals surface area contributed by atoms with Crippen LogP contribution >= 0.6 is 0 Å². The number of nitrogens with one attached hydrogen (secondary N) is 1. The number of hydrogen-bond acceptors (Lipinski definition) is 4. The molecule has 2 aromatic carbocycles. The molecule has 2 heterocycles. The highest BCUT2D eigenvalue weighted by molar-refractivity contribution is 5.94. The molecule has 0 bridgehead atoms. The Balaban J connectivity index is 1.32. The molecule has 31 heavy (non-hydrogen) atoms. The van der Waals surface area contributed by atoms with Gasteiger partial charge in [0.1, 0.15) is 11.6 Å². The Labute approximate surface area is 178 Å². The van der Waals surface area contributed by atoms with Crippen molar-refractivity contribution in [2.24, 2.45) is 0 Å². The summed E-state index contributed by atoms with van der Waals surface area (Å²) in [5.41, 5.74) is 8.80. The summed E-state index contributed by atoms with van der Waals surface area (Å²) >= 11 is 0. The van der Waals surface area contributed by atoms with E-state index < -0.39 is 5.82 Å². The lowest BCUT2D eigenvalue weighted by Crippen LogP contribution is -2.49. The molecule has 0 unspecified atom stereocenters. The SMILES string of the molecule is Nc1cc(F)cc2c(=O)[nH]c(C3=C[C@H](N4CCN(c5ccc(F)cc5)CC4)CC3)cc12. The Kier molecular flexibility index (Phi) is 4.98. The van der Waals surface area contributed by atoms with Crippen LogP contribution in [0.15, 0.2) is 53.3 Å². The van der Waals surface area contributed by atoms with Crippen LogP contribution in [0.4, 0.5) is 20.2 Å². The molecule has 5 rings (SSSR count). The summed E-state index contributed by atoms with van der Waals surface area (Å²) in [6.45, 7) is 3.62. The molecular formula is C24H24F2N4O. The van der Waals surface area contributed by atoms with Gasteiger partial charge in [-0.3, -0.25) is 9.69 Å². The molecule has 2 aliphatic rings. The third kappa shape index (κ3) is 3.81. The zero-order valence-corrected chi connectivity index (χ0v) is 17.1. The molecule has 1 saturated heterocycles.